The highest BCUT2D eigenvalue weighted by molar-refractivity contribution is 5.69. The van der Waals surface area contributed by atoms with Gasteiger partial charge >= 0.3 is 5.97 Å². The number of carbonyl (C=O) groups is 1. The molecule has 0 spiro atoms. The topological polar surface area (TPSA) is 46.5 Å². The summed E-state index contributed by atoms with van der Waals surface area (Å²) in [7, 11) is 0. The van der Waals surface area contributed by atoms with Crippen LogP contribution in [0.15, 0.2) is 54.6 Å². The van der Waals surface area contributed by atoms with E-state index >= 15 is 0 Å². The maximum absolute atomic E-state index is 10.4. The van der Waals surface area contributed by atoms with Gasteiger partial charge in [-0.3, -0.25) is 4.79 Å². The van der Waals surface area contributed by atoms with E-state index in [-0.39, 0.29) is 5.97 Å². The van der Waals surface area contributed by atoms with Gasteiger partial charge in [-0.2, -0.15) is 0 Å². The van der Waals surface area contributed by atoms with Crippen LogP contribution in [0.4, 0.5) is 0 Å². The average Bonchev–Trinajstić information content (AvgIpc) is 2.34. The summed E-state index contributed by atoms with van der Waals surface area (Å²) in [5.41, 5.74) is 1.17. The summed E-state index contributed by atoms with van der Waals surface area (Å²) < 4.78 is 4.78. The molecule has 0 radical (unpaired) electrons. The number of para-hydroxylation sites is 1. The Bertz CT molecular complexity index is 454. The van der Waals surface area contributed by atoms with Crippen molar-refractivity contribution < 1.29 is 14.6 Å². The summed E-state index contributed by atoms with van der Waals surface area (Å²) >= 11 is 0. The van der Waals surface area contributed by atoms with E-state index in [1.165, 1.54) is 12.5 Å². The quantitative estimate of drug-likeness (QED) is 0.618. The van der Waals surface area contributed by atoms with Crippen molar-refractivity contribution >= 4 is 5.97 Å². The van der Waals surface area contributed by atoms with Crippen LogP contribution in [0.3, 0.4) is 0 Å². The fraction of sp³-hybridized carbons (Fsp3) is 0.133. The van der Waals surface area contributed by atoms with E-state index in [9.17, 15) is 4.79 Å². The Morgan fingerprint density at radius 3 is 2.00 bits per heavy atom. The third-order valence-electron chi connectivity index (χ3n) is 2.04. The molecule has 0 aliphatic carbocycles. The first kappa shape index (κ1) is 13.8. The smallest absolute Gasteiger partial charge is 0.308 e. The lowest BCUT2D eigenvalue weighted by atomic mass is 10.2. The van der Waals surface area contributed by atoms with Crippen molar-refractivity contribution in [1.82, 2.24) is 0 Å². The predicted molar refractivity (Wildman–Crippen MR) is 70.6 cm³/mol. The van der Waals surface area contributed by atoms with Crippen molar-refractivity contribution in [3.8, 4) is 11.5 Å². The van der Waals surface area contributed by atoms with Gasteiger partial charge in [0.25, 0.3) is 0 Å². The molecule has 0 fully saturated rings. The summed E-state index contributed by atoms with van der Waals surface area (Å²) in [5, 5.41) is 8.76. The van der Waals surface area contributed by atoms with E-state index in [0.717, 1.165) is 0 Å². The Labute approximate surface area is 107 Å². The molecule has 0 bridgehead atoms. The maximum Gasteiger partial charge on any atom is 0.308 e. The molecule has 0 amide bonds. The van der Waals surface area contributed by atoms with Crippen molar-refractivity contribution in [3.05, 3.63) is 60.2 Å². The van der Waals surface area contributed by atoms with Gasteiger partial charge in [0.2, 0.25) is 0 Å². The second-order valence-electron chi connectivity index (χ2n) is 3.74. The fourth-order valence-corrected chi connectivity index (χ4v) is 1.20. The highest BCUT2D eigenvalue weighted by atomic mass is 16.5. The molecule has 3 heteroatoms. The summed E-state index contributed by atoms with van der Waals surface area (Å²) in [6, 6.07) is 16.1. The van der Waals surface area contributed by atoms with Gasteiger partial charge in [0.05, 0.1) is 0 Å². The van der Waals surface area contributed by atoms with Crippen LogP contribution in [-0.2, 0) is 4.79 Å². The van der Waals surface area contributed by atoms with Crippen LogP contribution >= 0.6 is 0 Å². The molecule has 0 atom stereocenters. The number of carbonyl (C=O) groups excluding carboxylic acids is 1. The molecule has 94 valence electrons. The summed E-state index contributed by atoms with van der Waals surface area (Å²) in [6.45, 7) is 3.37. The molecule has 0 aromatic heterocycles. The number of benzene rings is 2. The number of phenols is 1. The number of rotatable bonds is 1. The van der Waals surface area contributed by atoms with Gasteiger partial charge in [0.1, 0.15) is 11.5 Å². The normalized spacial score (nSPS) is 9.00. The van der Waals surface area contributed by atoms with Crippen LogP contribution in [0.1, 0.15) is 12.5 Å². The van der Waals surface area contributed by atoms with Crippen LogP contribution < -0.4 is 4.74 Å². The van der Waals surface area contributed by atoms with Gasteiger partial charge in [-0.25, -0.2) is 0 Å². The molecule has 2 aromatic carbocycles. The number of aromatic hydroxyl groups is 1. The van der Waals surface area contributed by atoms with Gasteiger partial charge in [-0.05, 0) is 31.2 Å². The maximum atomic E-state index is 10.4. The molecule has 2 aromatic rings. The van der Waals surface area contributed by atoms with Crippen molar-refractivity contribution in [2.45, 2.75) is 13.8 Å². The molecule has 0 unspecified atom stereocenters. The van der Waals surface area contributed by atoms with E-state index in [2.05, 4.69) is 0 Å². The molecule has 2 rings (SSSR count). The zero-order valence-corrected chi connectivity index (χ0v) is 10.5. The molecule has 18 heavy (non-hydrogen) atoms. The van der Waals surface area contributed by atoms with Crippen LogP contribution in [0.5, 0.6) is 11.5 Å². The number of aryl methyl sites for hydroxylation is 1. The second kappa shape index (κ2) is 7.12. The van der Waals surface area contributed by atoms with Crippen LogP contribution in [0, 0.1) is 6.92 Å². The molecule has 3 nitrogen and oxygen atoms in total. The SMILES string of the molecule is CC(=O)Oc1ccccc1.Cc1ccc(O)cc1. The Kier molecular flexibility index (Phi) is 5.45. The van der Waals surface area contributed by atoms with E-state index < -0.39 is 0 Å². The number of hydrogen-bond acceptors (Lipinski definition) is 3. The van der Waals surface area contributed by atoms with Crippen molar-refractivity contribution in [3.63, 3.8) is 0 Å². The third-order valence-corrected chi connectivity index (χ3v) is 2.04. The van der Waals surface area contributed by atoms with E-state index in [0.29, 0.717) is 11.5 Å². The van der Waals surface area contributed by atoms with Crippen molar-refractivity contribution in [2.24, 2.45) is 0 Å². The van der Waals surface area contributed by atoms with Crippen molar-refractivity contribution in [1.29, 1.82) is 0 Å². The molecule has 1 N–H and O–H groups in total. The Morgan fingerprint density at radius 1 is 1.00 bits per heavy atom. The van der Waals surface area contributed by atoms with Gasteiger partial charge < -0.3 is 9.84 Å². The highest BCUT2D eigenvalue weighted by Crippen LogP contribution is 2.08. The minimum absolute atomic E-state index is 0.286. The highest BCUT2D eigenvalue weighted by Gasteiger charge is 1.92. The number of ether oxygens (including phenoxy) is 1. The van der Waals surface area contributed by atoms with E-state index in [1.54, 1.807) is 24.3 Å². The first-order valence-corrected chi connectivity index (χ1v) is 5.57. The minimum atomic E-state index is -0.286. The van der Waals surface area contributed by atoms with E-state index in [4.69, 9.17) is 9.84 Å². The molecule has 0 aliphatic rings. The molecular formula is C15H16O3. The Hall–Kier alpha value is -2.29. The minimum Gasteiger partial charge on any atom is -0.508 e. The standard InChI is InChI=1S/C8H8O2.C7H8O/c1-7(9)10-8-5-3-2-4-6-8;1-6-2-4-7(8)5-3-6/h2-6H,1H3;2-5,8H,1H3. The van der Waals surface area contributed by atoms with Crippen LogP contribution in [0.2, 0.25) is 0 Å². The van der Waals surface area contributed by atoms with Crippen LogP contribution in [-0.4, -0.2) is 11.1 Å². The number of esters is 1. The second-order valence-corrected chi connectivity index (χ2v) is 3.74. The molecule has 0 saturated carbocycles. The first-order valence-electron chi connectivity index (χ1n) is 5.57. The van der Waals surface area contributed by atoms with E-state index in [1.807, 2.05) is 37.3 Å². The average molecular weight is 244 g/mol. The lowest BCUT2D eigenvalue weighted by molar-refractivity contribution is -0.131. The molecule has 0 saturated heterocycles. The fourth-order valence-electron chi connectivity index (χ4n) is 1.20. The predicted octanol–water partition coefficient (Wildman–Crippen LogP) is 3.31. The summed E-state index contributed by atoms with van der Waals surface area (Å²) in [4.78, 5) is 10.4. The molecule has 0 heterocycles. The monoisotopic (exact) mass is 244 g/mol. The Balaban J connectivity index is 0.000000184. The number of hydrogen-bond donors (Lipinski definition) is 1. The lowest BCUT2D eigenvalue weighted by Crippen LogP contribution is -2.00. The third kappa shape index (κ3) is 5.70. The molecular weight excluding hydrogens is 228 g/mol. The summed E-state index contributed by atoms with van der Waals surface area (Å²) in [6.07, 6.45) is 0. The van der Waals surface area contributed by atoms with Gasteiger partial charge in [-0.15, -0.1) is 0 Å². The molecule has 0 aliphatic heterocycles. The first-order chi connectivity index (χ1) is 8.58. The number of phenolic OH excluding ortho intramolecular Hbond substituents is 1. The van der Waals surface area contributed by atoms with Gasteiger partial charge in [0.15, 0.2) is 0 Å². The zero-order valence-electron chi connectivity index (χ0n) is 10.5. The largest absolute Gasteiger partial charge is 0.508 e. The van der Waals surface area contributed by atoms with Crippen molar-refractivity contribution in [2.75, 3.05) is 0 Å². The Morgan fingerprint density at radius 2 is 1.56 bits per heavy atom. The van der Waals surface area contributed by atoms with Gasteiger partial charge in [0, 0.05) is 6.92 Å². The zero-order chi connectivity index (χ0) is 13.4. The van der Waals surface area contributed by atoms with Gasteiger partial charge in [-0.1, -0.05) is 35.9 Å². The summed E-state index contributed by atoms with van der Waals surface area (Å²) in [5.74, 6) is 0.636. The van der Waals surface area contributed by atoms with Crippen LogP contribution in [0.25, 0.3) is 0 Å². The lowest BCUT2D eigenvalue weighted by Gasteiger charge is -1.97.